The quantitative estimate of drug-likeness (QED) is 0.419. The zero-order valence-corrected chi connectivity index (χ0v) is 8.22. The second-order valence-corrected chi connectivity index (χ2v) is 4.81. The molecule has 2 fully saturated rings. The maximum Gasteiger partial charge on any atom is 0.320 e. The third-order valence-corrected chi connectivity index (χ3v) is 3.83. The zero-order chi connectivity index (χ0) is 9.85. The van der Waals surface area contributed by atoms with E-state index in [0.29, 0.717) is 6.42 Å². The Bertz CT molecular complexity index is 293. The van der Waals surface area contributed by atoms with Crippen LogP contribution in [-0.4, -0.2) is 17.9 Å². The summed E-state index contributed by atoms with van der Waals surface area (Å²) in [5, 5.41) is 0. The van der Waals surface area contributed by atoms with Crippen LogP contribution in [-0.2, 0) is 14.3 Å². The smallest absolute Gasteiger partial charge is 0.320 e. The highest BCUT2D eigenvalue weighted by molar-refractivity contribution is 6.11. The Labute approximate surface area is 77.4 Å². The molecule has 1 saturated carbocycles. The average Bonchev–Trinajstić information content (AvgIpc) is 2.21. The normalized spacial score (nSPS) is 41.9. The predicted octanol–water partition coefficient (Wildman–Crippen LogP) is 1.31. The lowest BCUT2D eigenvalue weighted by Gasteiger charge is -2.39. The Morgan fingerprint density at radius 3 is 2.46 bits per heavy atom. The van der Waals surface area contributed by atoms with Crippen molar-refractivity contribution in [3.05, 3.63) is 0 Å². The molecule has 1 aliphatic heterocycles. The Balaban J connectivity index is 2.53. The van der Waals surface area contributed by atoms with E-state index in [1.165, 1.54) is 0 Å². The van der Waals surface area contributed by atoms with E-state index < -0.39 is 11.5 Å². The van der Waals surface area contributed by atoms with Crippen LogP contribution in [0.1, 0.15) is 33.6 Å². The topological polar surface area (TPSA) is 43.4 Å². The molecule has 0 radical (unpaired) electrons. The zero-order valence-electron chi connectivity index (χ0n) is 8.22. The molecule has 0 aromatic carbocycles. The van der Waals surface area contributed by atoms with E-state index in [4.69, 9.17) is 4.74 Å². The summed E-state index contributed by atoms with van der Waals surface area (Å²) in [6.45, 7) is 5.65. The molecule has 3 heteroatoms. The first-order chi connectivity index (χ1) is 5.89. The second-order valence-electron chi connectivity index (χ2n) is 4.81. The predicted molar refractivity (Wildman–Crippen MR) is 46.0 cm³/mol. The summed E-state index contributed by atoms with van der Waals surface area (Å²) in [7, 11) is 0. The summed E-state index contributed by atoms with van der Waals surface area (Å²) in [5.41, 5.74) is -1.15. The molecule has 72 valence electrons. The lowest BCUT2D eigenvalue weighted by molar-refractivity contribution is -0.151. The summed E-state index contributed by atoms with van der Waals surface area (Å²) in [6, 6.07) is 0. The van der Waals surface area contributed by atoms with Crippen molar-refractivity contribution in [2.75, 3.05) is 0 Å². The number of rotatable bonds is 0. The van der Waals surface area contributed by atoms with Crippen molar-refractivity contribution >= 4 is 11.8 Å². The maximum absolute atomic E-state index is 11.8. The van der Waals surface area contributed by atoms with Gasteiger partial charge in [-0.3, -0.25) is 9.59 Å². The number of fused-ring (bicyclic) bond motifs is 2. The number of ketones is 1. The average molecular weight is 182 g/mol. The van der Waals surface area contributed by atoms with Gasteiger partial charge in [-0.05, 0) is 25.2 Å². The van der Waals surface area contributed by atoms with Crippen LogP contribution in [0, 0.1) is 10.8 Å². The Hall–Kier alpha value is -0.860. The van der Waals surface area contributed by atoms with Crippen LogP contribution in [0.3, 0.4) is 0 Å². The molecule has 2 aliphatic rings. The van der Waals surface area contributed by atoms with Crippen LogP contribution in [0.25, 0.3) is 0 Å². The van der Waals surface area contributed by atoms with Gasteiger partial charge in [0.2, 0.25) is 0 Å². The Kier molecular flexibility index (Phi) is 1.44. The fourth-order valence-corrected chi connectivity index (χ4v) is 2.26. The molecule has 0 unspecified atom stereocenters. The number of hydrogen-bond donors (Lipinski definition) is 0. The van der Waals surface area contributed by atoms with Crippen molar-refractivity contribution in [1.29, 1.82) is 0 Å². The van der Waals surface area contributed by atoms with E-state index in [9.17, 15) is 9.59 Å². The van der Waals surface area contributed by atoms with Crippen molar-refractivity contribution < 1.29 is 14.3 Å². The lowest BCUT2D eigenvalue weighted by atomic mass is 9.59. The SMILES string of the molecule is CC1(C)CC[C@H]2OC(=O)[C@]1(C)C2=O. The van der Waals surface area contributed by atoms with E-state index in [1.54, 1.807) is 6.92 Å². The number of ether oxygens (including phenoxy) is 1. The summed E-state index contributed by atoms with van der Waals surface area (Å²) >= 11 is 0. The summed E-state index contributed by atoms with van der Waals surface area (Å²) in [6.07, 6.45) is 1.12. The molecule has 0 spiro atoms. The number of Topliss-reactive ketones (excluding diaryl/α,β-unsaturated/α-hetero) is 1. The molecular weight excluding hydrogens is 168 g/mol. The van der Waals surface area contributed by atoms with Gasteiger partial charge in [0.15, 0.2) is 11.9 Å². The van der Waals surface area contributed by atoms with Crippen molar-refractivity contribution in [3.63, 3.8) is 0 Å². The van der Waals surface area contributed by atoms with E-state index in [-0.39, 0.29) is 17.2 Å². The van der Waals surface area contributed by atoms with Crippen molar-refractivity contribution in [2.45, 2.75) is 39.7 Å². The molecule has 3 nitrogen and oxygen atoms in total. The monoisotopic (exact) mass is 182 g/mol. The highest BCUT2D eigenvalue weighted by Gasteiger charge is 2.64. The van der Waals surface area contributed by atoms with Crippen LogP contribution in [0.2, 0.25) is 0 Å². The summed E-state index contributed by atoms with van der Waals surface area (Å²) in [5.74, 6) is -0.348. The number of carbonyl (C=O) groups excluding carboxylic acids is 2. The van der Waals surface area contributed by atoms with E-state index >= 15 is 0 Å². The van der Waals surface area contributed by atoms with Gasteiger partial charge >= 0.3 is 5.97 Å². The molecule has 2 rings (SSSR count). The highest BCUT2D eigenvalue weighted by atomic mass is 16.6. The van der Waals surface area contributed by atoms with Crippen LogP contribution in [0.5, 0.6) is 0 Å². The molecule has 0 amide bonds. The van der Waals surface area contributed by atoms with Gasteiger partial charge in [0, 0.05) is 0 Å². The molecule has 1 aliphatic carbocycles. The molecule has 0 N–H and O–H groups in total. The lowest BCUT2D eigenvalue weighted by Crippen LogP contribution is -2.48. The molecule has 0 aromatic rings. The van der Waals surface area contributed by atoms with Crippen LogP contribution < -0.4 is 0 Å². The van der Waals surface area contributed by atoms with Gasteiger partial charge in [-0.2, -0.15) is 0 Å². The highest BCUT2D eigenvalue weighted by Crippen LogP contribution is 2.53. The standard InChI is InChI=1S/C10H14O3/c1-9(2)5-4-6-7(11)10(9,3)8(12)13-6/h6H,4-5H2,1-3H3/t6-,10+/m1/s1. The number of carbonyl (C=O) groups is 2. The largest absolute Gasteiger partial charge is 0.454 e. The van der Waals surface area contributed by atoms with E-state index in [0.717, 1.165) is 6.42 Å². The van der Waals surface area contributed by atoms with Gasteiger partial charge in [0.1, 0.15) is 5.41 Å². The maximum atomic E-state index is 11.8. The van der Waals surface area contributed by atoms with Gasteiger partial charge in [-0.25, -0.2) is 0 Å². The number of hydrogen-bond acceptors (Lipinski definition) is 3. The van der Waals surface area contributed by atoms with Gasteiger partial charge in [-0.15, -0.1) is 0 Å². The van der Waals surface area contributed by atoms with Gasteiger partial charge < -0.3 is 4.74 Å². The van der Waals surface area contributed by atoms with E-state index in [1.807, 2.05) is 13.8 Å². The molecule has 0 aromatic heterocycles. The second kappa shape index (κ2) is 2.14. The third kappa shape index (κ3) is 0.798. The molecular formula is C10H14O3. The summed E-state index contributed by atoms with van der Waals surface area (Å²) < 4.78 is 5.05. The minimum atomic E-state index is -0.893. The van der Waals surface area contributed by atoms with Crippen LogP contribution in [0.15, 0.2) is 0 Å². The fraction of sp³-hybridized carbons (Fsp3) is 0.800. The Morgan fingerprint density at radius 2 is 1.92 bits per heavy atom. The summed E-state index contributed by atoms with van der Waals surface area (Å²) in [4.78, 5) is 23.4. The number of esters is 1. The third-order valence-electron chi connectivity index (χ3n) is 3.83. The first-order valence-corrected chi connectivity index (χ1v) is 4.65. The van der Waals surface area contributed by atoms with Gasteiger partial charge in [-0.1, -0.05) is 13.8 Å². The minimum absolute atomic E-state index is 0.0197. The molecule has 1 heterocycles. The first kappa shape index (κ1) is 8.73. The van der Waals surface area contributed by atoms with Crippen molar-refractivity contribution in [3.8, 4) is 0 Å². The van der Waals surface area contributed by atoms with Crippen molar-refractivity contribution in [1.82, 2.24) is 0 Å². The fourth-order valence-electron chi connectivity index (χ4n) is 2.26. The van der Waals surface area contributed by atoms with Crippen LogP contribution in [0.4, 0.5) is 0 Å². The van der Waals surface area contributed by atoms with Gasteiger partial charge in [0.05, 0.1) is 0 Å². The van der Waals surface area contributed by atoms with Gasteiger partial charge in [0.25, 0.3) is 0 Å². The molecule has 13 heavy (non-hydrogen) atoms. The van der Waals surface area contributed by atoms with Crippen molar-refractivity contribution in [2.24, 2.45) is 10.8 Å². The molecule has 2 bridgehead atoms. The van der Waals surface area contributed by atoms with E-state index in [2.05, 4.69) is 0 Å². The van der Waals surface area contributed by atoms with Crippen LogP contribution >= 0.6 is 0 Å². The Morgan fingerprint density at radius 1 is 1.31 bits per heavy atom. The molecule has 1 saturated heterocycles. The first-order valence-electron chi connectivity index (χ1n) is 4.65. The minimum Gasteiger partial charge on any atom is -0.454 e. The molecule has 2 atom stereocenters.